The van der Waals surface area contributed by atoms with Crippen molar-refractivity contribution in [2.75, 3.05) is 6.54 Å². The summed E-state index contributed by atoms with van der Waals surface area (Å²) in [6.07, 6.45) is 0.725. The van der Waals surface area contributed by atoms with Gasteiger partial charge in [-0.2, -0.15) is 11.3 Å². The topological polar surface area (TPSA) is 75.1 Å². The minimum Gasteiger partial charge on any atom is -0.387 e. The zero-order chi connectivity index (χ0) is 14.7. The van der Waals surface area contributed by atoms with E-state index in [-0.39, 0.29) is 18.1 Å². The van der Waals surface area contributed by atoms with E-state index in [1.807, 2.05) is 35.0 Å². The van der Waals surface area contributed by atoms with E-state index in [1.165, 1.54) is 17.5 Å². The molecule has 0 radical (unpaired) electrons. The second-order valence-corrected chi connectivity index (χ2v) is 5.31. The van der Waals surface area contributed by atoms with Crippen molar-refractivity contribution in [2.24, 2.45) is 0 Å². The largest absolute Gasteiger partial charge is 0.387 e. The van der Waals surface area contributed by atoms with Crippen LogP contribution in [-0.2, 0) is 0 Å². The Morgan fingerprint density at radius 2 is 2.10 bits per heavy atom. The van der Waals surface area contributed by atoms with Crippen molar-refractivity contribution < 1.29 is 9.90 Å². The number of rotatable bonds is 4. The Kier molecular flexibility index (Phi) is 3.89. The minimum absolute atomic E-state index is 0.143. The lowest BCUT2D eigenvalue weighted by molar-refractivity contribution is 0.0911. The molecule has 106 valence electrons. The maximum absolute atomic E-state index is 12.0. The first-order valence-electron chi connectivity index (χ1n) is 6.44. The fraction of sp³-hybridized carbons (Fsp3) is 0.133. The smallest absolute Gasteiger partial charge is 0.271 e. The van der Waals surface area contributed by atoms with Crippen LogP contribution in [0.5, 0.6) is 0 Å². The van der Waals surface area contributed by atoms with Gasteiger partial charge in [0.25, 0.3) is 5.91 Å². The van der Waals surface area contributed by atoms with Crippen molar-refractivity contribution in [2.45, 2.75) is 6.10 Å². The third-order valence-corrected chi connectivity index (χ3v) is 3.77. The van der Waals surface area contributed by atoms with Crippen molar-refractivity contribution in [3.63, 3.8) is 0 Å². The molecule has 0 aliphatic carbocycles. The lowest BCUT2D eigenvalue weighted by atomic mass is 10.2. The molecule has 0 fully saturated rings. The van der Waals surface area contributed by atoms with E-state index in [2.05, 4.69) is 15.3 Å². The molecule has 0 aliphatic rings. The Bertz CT molecular complexity index is 758. The molecule has 1 atom stereocenters. The molecule has 2 aromatic heterocycles. The molecule has 5 nitrogen and oxygen atoms in total. The number of hydrogen-bond donors (Lipinski definition) is 2. The molecule has 6 heteroatoms. The molecule has 0 aliphatic heterocycles. The second kappa shape index (κ2) is 5.99. The van der Waals surface area contributed by atoms with Crippen LogP contribution < -0.4 is 5.32 Å². The predicted molar refractivity (Wildman–Crippen MR) is 81.2 cm³/mol. The van der Waals surface area contributed by atoms with E-state index in [4.69, 9.17) is 0 Å². The van der Waals surface area contributed by atoms with Crippen LogP contribution in [0.15, 0.2) is 47.3 Å². The molecule has 1 unspecified atom stereocenters. The van der Waals surface area contributed by atoms with Gasteiger partial charge < -0.3 is 10.4 Å². The fourth-order valence-corrected chi connectivity index (χ4v) is 2.64. The Labute approximate surface area is 125 Å². The normalized spacial score (nSPS) is 12.2. The van der Waals surface area contributed by atoms with E-state index in [1.54, 1.807) is 6.07 Å². The molecule has 0 spiro atoms. The maximum atomic E-state index is 12.0. The van der Waals surface area contributed by atoms with Crippen LogP contribution in [0.4, 0.5) is 0 Å². The quantitative estimate of drug-likeness (QED) is 0.774. The van der Waals surface area contributed by atoms with Crippen LogP contribution in [0.3, 0.4) is 0 Å². The van der Waals surface area contributed by atoms with E-state index in [9.17, 15) is 9.90 Å². The number of thiophene rings is 1. The molecule has 2 heterocycles. The van der Waals surface area contributed by atoms with Gasteiger partial charge in [-0.05, 0) is 34.5 Å². The van der Waals surface area contributed by atoms with Gasteiger partial charge in [0.15, 0.2) is 0 Å². The molecule has 0 saturated carbocycles. The number of para-hydroxylation sites is 2. The summed E-state index contributed by atoms with van der Waals surface area (Å²) in [5, 5.41) is 16.3. The summed E-state index contributed by atoms with van der Waals surface area (Å²) in [4.78, 5) is 20.5. The summed E-state index contributed by atoms with van der Waals surface area (Å²) in [5.74, 6) is -0.345. The van der Waals surface area contributed by atoms with Gasteiger partial charge in [-0.15, -0.1) is 0 Å². The van der Waals surface area contributed by atoms with E-state index >= 15 is 0 Å². The van der Waals surface area contributed by atoms with Crippen LogP contribution in [0.25, 0.3) is 11.0 Å². The average molecular weight is 299 g/mol. The summed E-state index contributed by atoms with van der Waals surface area (Å²) in [6, 6.07) is 9.19. The molecular weight excluding hydrogens is 286 g/mol. The highest BCUT2D eigenvalue weighted by Crippen LogP contribution is 2.15. The van der Waals surface area contributed by atoms with Gasteiger partial charge in [0, 0.05) is 6.54 Å². The highest BCUT2D eigenvalue weighted by atomic mass is 32.1. The zero-order valence-corrected chi connectivity index (χ0v) is 11.9. The predicted octanol–water partition coefficient (Wildman–Crippen LogP) is 2.15. The number of aliphatic hydroxyl groups excluding tert-OH is 1. The number of nitrogens with zero attached hydrogens (tertiary/aromatic N) is 2. The van der Waals surface area contributed by atoms with Gasteiger partial charge in [0.05, 0.1) is 23.3 Å². The molecule has 3 rings (SSSR count). The number of hydrogen-bond acceptors (Lipinski definition) is 5. The van der Waals surface area contributed by atoms with E-state index < -0.39 is 6.10 Å². The Hall–Kier alpha value is -2.31. The fourth-order valence-electron chi connectivity index (χ4n) is 1.93. The molecular formula is C15H13N3O2S. The third-order valence-electron chi connectivity index (χ3n) is 3.07. The van der Waals surface area contributed by atoms with Crippen molar-refractivity contribution in [1.29, 1.82) is 0 Å². The number of aromatic nitrogens is 2. The van der Waals surface area contributed by atoms with Crippen molar-refractivity contribution in [1.82, 2.24) is 15.3 Å². The number of benzene rings is 1. The molecule has 21 heavy (non-hydrogen) atoms. The number of fused-ring (bicyclic) bond motifs is 1. The standard InChI is InChI=1S/C15H13N3O2S/c19-14(10-5-6-21-9-10)8-17-15(20)13-7-16-11-3-1-2-4-12(11)18-13/h1-7,9,14,19H,8H2,(H,17,20). The van der Waals surface area contributed by atoms with Gasteiger partial charge >= 0.3 is 0 Å². The highest BCUT2D eigenvalue weighted by Gasteiger charge is 2.12. The van der Waals surface area contributed by atoms with Crippen LogP contribution >= 0.6 is 11.3 Å². The van der Waals surface area contributed by atoms with Gasteiger partial charge in [-0.25, -0.2) is 4.98 Å². The lowest BCUT2D eigenvalue weighted by Crippen LogP contribution is -2.29. The average Bonchev–Trinajstić information content (AvgIpc) is 3.06. The molecule has 1 aromatic carbocycles. The molecule has 3 aromatic rings. The number of amides is 1. The molecule has 1 amide bonds. The summed E-state index contributed by atoms with van der Waals surface area (Å²) in [7, 11) is 0. The van der Waals surface area contributed by atoms with Crippen LogP contribution in [0.1, 0.15) is 22.2 Å². The van der Waals surface area contributed by atoms with Crippen molar-refractivity contribution >= 4 is 28.3 Å². The maximum Gasteiger partial charge on any atom is 0.271 e. The second-order valence-electron chi connectivity index (χ2n) is 4.53. The first-order chi connectivity index (χ1) is 10.2. The van der Waals surface area contributed by atoms with Gasteiger partial charge in [0.1, 0.15) is 5.69 Å². The lowest BCUT2D eigenvalue weighted by Gasteiger charge is -2.10. The number of carbonyl (C=O) groups is 1. The Morgan fingerprint density at radius 1 is 1.29 bits per heavy atom. The SMILES string of the molecule is O=C(NCC(O)c1ccsc1)c1cnc2ccccc2n1. The summed E-state index contributed by atoms with van der Waals surface area (Å²) in [5.41, 5.74) is 2.45. The first-order valence-corrected chi connectivity index (χ1v) is 7.38. The monoisotopic (exact) mass is 299 g/mol. The molecule has 2 N–H and O–H groups in total. The highest BCUT2D eigenvalue weighted by molar-refractivity contribution is 7.07. The number of aliphatic hydroxyl groups is 1. The Balaban J connectivity index is 1.69. The number of carbonyl (C=O) groups excluding carboxylic acids is 1. The van der Waals surface area contributed by atoms with Crippen LogP contribution in [0, 0.1) is 0 Å². The van der Waals surface area contributed by atoms with Crippen molar-refractivity contribution in [3.8, 4) is 0 Å². The van der Waals surface area contributed by atoms with Crippen molar-refractivity contribution in [3.05, 3.63) is 58.5 Å². The van der Waals surface area contributed by atoms with Gasteiger partial charge in [0.2, 0.25) is 0 Å². The summed E-state index contributed by atoms with van der Waals surface area (Å²) in [6.45, 7) is 0.143. The first kappa shape index (κ1) is 13.7. The summed E-state index contributed by atoms with van der Waals surface area (Å²) < 4.78 is 0. The van der Waals surface area contributed by atoms with Crippen LogP contribution in [-0.4, -0.2) is 27.5 Å². The molecule has 0 saturated heterocycles. The summed E-state index contributed by atoms with van der Waals surface area (Å²) >= 11 is 1.50. The number of nitrogens with one attached hydrogen (secondary N) is 1. The molecule has 0 bridgehead atoms. The zero-order valence-electron chi connectivity index (χ0n) is 11.1. The third kappa shape index (κ3) is 3.07. The van der Waals surface area contributed by atoms with Gasteiger partial charge in [-0.3, -0.25) is 9.78 Å². The van der Waals surface area contributed by atoms with E-state index in [0.717, 1.165) is 11.1 Å². The Morgan fingerprint density at radius 3 is 2.86 bits per heavy atom. The minimum atomic E-state index is -0.714. The van der Waals surface area contributed by atoms with Gasteiger partial charge in [-0.1, -0.05) is 12.1 Å². The van der Waals surface area contributed by atoms with E-state index in [0.29, 0.717) is 5.52 Å². The van der Waals surface area contributed by atoms with Crippen LogP contribution in [0.2, 0.25) is 0 Å².